The Hall–Kier alpha value is -3.07. The molecule has 0 unspecified atom stereocenters. The summed E-state index contributed by atoms with van der Waals surface area (Å²) in [5.74, 6) is -0.876. The van der Waals surface area contributed by atoms with Crippen molar-refractivity contribution in [3.63, 3.8) is 0 Å². The number of carbonyl (C=O) groups excluding carboxylic acids is 2. The fourth-order valence-electron chi connectivity index (χ4n) is 4.14. The lowest BCUT2D eigenvalue weighted by molar-refractivity contribution is -0.140. The molecule has 0 spiro atoms. The highest BCUT2D eigenvalue weighted by Gasteiger charge is 2.33. The molecule has 10 heteroatoms. The standard InChI is InChI=1S/C28H31Cl2N3O4S/c1-4-31-28(35)26(17-21-10-6-5-7-11-21)32(18-22-12-8-13-23(29)16-22)27(34)19-33(38(3,36)37)25-15-9-14-24(30)20(25)2/h5-16,26H,4,17-19H2,1-3H3,(H,31,35)/t26-/m0/s1. The van der Waals surface area contributed by atoms with Gasteiger partial charge < -0.3 is 10.2 Å². The summed E-state index contributed by atoms with van der Waals surface area (Å²) in [6.45, 7) is 3.41. The first-order chi connectivity index (χ1) is 18.0. The number of sulfonamides is 1. The number of carbonyl (C=O) groups is 2. The van der Waals surface area contributed by atoms with E-state index in [1.807, 2.05) is 30.3 Å². The molecule has 3 rings (SSSR count). The number of nitrogens with one attached hydrogen (secondary N) is 1. The van der Waals surface area contributed by atoms with Crippen LogP contribution < -0.4 is 9.62 Å². The molecule has 0 aliphatic heterocycles. The lowest BCUT2D eigenvalue weighted by atomic mass is 10.0. The van der Waals surface area contributed by atoms with Gasteiger partial charge in [-0.3, -0.25) is 13.9 Å². The predicted molar refractivity (Wildman–Crippen MR) is 153 cm³/mol. The van der Waals surface area contributed by atoms with Gasteiger partial charge in [0.05, 0.1) is 11.9 Å². The number of hydrogen-bond donors (Lipinski definition) is 1. The fourth-order valence-corrected chi connectivity index (χ4v) is 5.42. The molecule has 0 heterocycles. The highest BCUT2D eigenvalue weighted by atomic mass is 35.5. The number of hydrogen-bond acceptors (Lipinski definition) is 4. The van der Waals surface area contributed by atoms with Gasteiger partial charge >= 0.3 is 0 Å². The topological polar surface area (TPSA) is 86.8 Å². The molecule has 38 heavy (non-hydrogen) atoms. The van der Waals surface area contributed by atoms with Gasteiger partial charge in [-0.25, -0.2) is 8.42 Å². The summed E-state index contributed by atoms with van der Waals surface area (Å²) < 4.78 is 26.8. The van der Waals surface area contributed by atoms with Crippen molar-refractivity contribution in [3.8, 4) is 0 Å². The molecular formula is C28H31Cl2N3O4S. The third-order valence-corrected chi connectivity index (χ3v) is 7.82. The minimum absolute atomic E-state index is 0.0557. The Balaban J connectivity index is 2.07. The Morgan fingerprint density at radius 3 is 2.24 bits per heavy atom. The Morgan fingerprint density at radius 1 is 0.947 bits per heavy atom. The van der Waals surface area contributed by atoms with E-state index < -0.39 is 28.5 Å². The molecular weight excluding hydrogens is 545 g/mol. The molecule has 7 nitrogen and oxygen atoms in total. The van der Waals surface area contributed by atoms with Crippen LogP contribution >= 0.6 is 23.2 Å². The van der Waals surface area contributed by atoms with Crippen molar-refractivity contribution in [2.24, 2.45) is 0 Å². The van der Waals surface area contributed by atoms with Crippen LogP contribution in [0.2, 0.25) is 10.0 Å². The van der Waals surface area contributed by atoms with Crippen LogP contribution in [0.3, 0.4) is 0 Å². The van der Waals surface area contributed by atoms with Crippen LogP contribution in [0.15, 0.2) is 72.8 Å². The van der Waals surface area contributed by atoms with Crippen molar-refractivity contribution in [3.05, 3.63) is 99.5 Å². The lowest BCUT2D eigenvalue weighted by Gasteiger charge is -2.33. The third-order valence-electron chi connectivity index (χ3n) is 6.05. The number of likely N-dealkylation sites (N-methyl/N-ethyl adjacent to an activating group) is 1. The highest BCUT2D eigenvalue weighted by molar-refractivity contribution is 7.92. The molecule has 0 radical (unpaired) electrons. The Bertz CT molecular complexity index is 1380. The first-order valence-electron chi connectivity index (χ1n) is 12.1. The third kappa shape index (κ3) is 7.72. The van der Waals surface area contributed by atoms with E-state index in [9.17, 15) is 18.0 Å². The molecule has 202 valence electrons. The second kappa shape index (κ2) is 13.1. The molecule has 3 aromatic carbocycles. The van der Waals surface area contributed by atoms with Gasteiger partial charge in [-0.2, -0.15) is 0 Å². The number of anilines is 1. The van der Waals surface area contributed by atoms with Gasteiger partial charge in [-0.15, -0.1) is 0 Å². The van der Waals surface area contributed by atoms with Crippen LogP contribution in [-0.4, -0.2) is 50.5 Å². The molecule has 3 aromatic rings. The monoisotopic (exact) mass is 575 g/mol. The van der Waals surface area contributed by atoms with Crippen molar-refractivity contribution >= 4 is 50.7 Å². The van der Waals surface area contributed by atoms with Gasteiger partial charge in [-0.1, -0.05) is 71.7 Å². The van der Waals surface area contributed by atoms with Gasteiger partial charge in [0.15, 0.2) is 0 Å². The van der Waals surface area contributed by atoms with Crippen molar-refractivity contribution in [2.75, 3.05) is 23.7 Å². The molecule has 0 aliphatic carbocycles. The Kier molecular flexibility index (Phi) is 10.2. The van der Waals surface area contributed by atoms with Gasteiger partial charge in [0.25, 0.3) is 0 Å². The van der Waals surface area contributed by atoms with Crippen LogP contribution in [0.5, 0.6) is 0 Å². The van der Waals surface area contributed by atoms with Gasteiger partial charge in [-0.05, 0) is 54.8 Å². The number of halogens is 2. The molecule has 0 bridgehead atoms. The zero-order valence-electron chi connectivity index (χ0n) is 21.5. The quantitative estimate of drug-likeness (QED) is 0.354. The van der Waals surface area contributed by atoms with E-state index in [1.54, 1.807) is 56.3 Å². The van der Waals surface area contributed by atoms with Crippen LogP contribution in [0, 0.1) is 6.92 Å². The van der Waals surface area contributed by atoms with Crippen LogP contribution in [0.25, 0.3) is 0 Å². The number of rotatable bonds is 11. The average Bonchev–Trinajstić information content (AvgIpc) is 2.86. The zero-order valence-corrected chi connectivity index (χ0v) is 23.9. The van der Waals surface area contributed by atoms with E-state index in [1.165, 1.54) is 4.90 Å². The number of amides is 2. The van der Waals surface area contributed by atoms with Crippen molar-refractivity contribution in [1.82, 2.24) is 10.2 Å². The molecule has 0 saturated heterocycles. The molecule has 0 aromatic heterocycles. The fraction of sp³-hybridized carbons (Fsp3) is 0.286. The second-order valence-electron chi connectivity index (χ2n) is 8.91. The van der Waals surface area contributed by atoms with E-state index in [0.717, 1.165) is 16.1 Å². The SMILES string of the molecule is CCNC(=O)[C@H](Cc1ccccc1)N(Cc1cccc(Cl)c1)C(=O)CN(c1cccc(Cl)c1C)S(C)(=O)=O. The van der Waals surface area contributed by atoms with Crippen molar-refractivity contribution in [1.29, 1.82) is 0 Å². The van der Waals surface area contributed by atoms with E-state index in [4.69, 9.17) is 23.2 Å². The summed E-state index contributed by atoms with van der Waals surface area (Å²) in [4.78, 5) is 28.7. The van der Waals surface area contributed by atoms with Gasteiger partial charge in [0.2, 0.25) is 21.8 Å². The van der Waals surface area contributed by atoms with Gasteiger partial charge in [0.1, 0.15) is 12.6 Å². The first kappa shape index (κ1) is 29.5. The minimum atomic E-state index is -3.87. The van der Waals surface area contributed by atoms with Crippen LogP contribution in [-0.2, 0) is 32.6 Å². The summed E-state index contributed by atoms with van der Waals surface area (Å²) in [5.41, 5.74) is 2.39. The number of nitrogens with zero attached hydrogens (tertiary/aromatic N) is 2. The average molecular weight is 577 g/mol. The number of benzene rings is 3. The smallest absolute Gasteiger partial charge is 0.244 e. The first-order valence-corrected chi connectivity index (χ1v) is 14.7. The molecule has 2 amide bonds. The van der Waals surface area contributed by atoms with E-state index >= 15 is 0 Å². The summed E-state index contributed by atoms with van der Waals surface area (Å²) >= 11 is 12.5. The molecule has 0 fully saturated rings. The summed E-state index contributed by atoms with van der Waals surface area (Å²) in [6, 6.07) is 20.3. The maximum Gasteiger partial charge on any atom is 0.244 e. The second-order valence-corrected chi connectivity index (χ2v) is 11.7. The van der Waals surface area contributed by atoms with E-state index in [-0.39, 0.29) is 18.9 Å². The predicted octanol–water partition coefficient (Wildman–Crippen LogP) is 4.84. The maximum absolute atomic E-state index is 14.0. The molecule has 1 atom stereocenters. The Labute approximate surface area is 234 Å². The van der Waals surface area contributed by atoms with E-state index in [0.29, 0.717) is 33.4 Å². The Morgan fingerprint density at radius 2 is 1.61 bits per heavy atom. The molecule has 0 aliphatic rings. The maximum atomic E-state index is 14.0. The van der Waals surface area contributed by atoms with Crippen LogP contribution in [0.1, 0.15) is 23.6 Å². The van der Waals surface area contributed by atoms with Gasteiger partial charge in [0, 0.05) is 29.6 Å². The summed E-state index contributed by atoms with van der Waals surface area (Å²) in [7, 11) is -3.87. The normalized spacial score (nSPS) is 12.0. The summed E-state index contributed by atoms with van der Waals surface area (Å²) in [6.07, 6.45) is 1.28. The van der Waals surface area contributed by atoms with Crippen LogP contribution in [0.4, 0.5) is 5.69 Å². The van der Waals surface area contributed by atoms with Crippen molar-refractivity contribution in [2.45, 2.75) is 32.9 Å². The highest BCUT2D eigenvalue weighted by Crippen LogP contribution is 2.28. The lowest BCUT2D eigenvalue weighted by Crippen LogP contribution is -2.53. The van der Waals surface area contributed by atoms with Crippen molar-refractivity contribution < 1.29 is 18.0 Å². The largest absolute Gasteiger partial charge is 0.355 e. The zero-order chi connectivity index (χ0) is 27.9. The van der Waals surface area contributed by atoms with E-state index in [2.05, 4.69) is 5.32 Å². The molecule has 1 N–H and O–H groups in total. The summed E-state index contributed by atoms with van der Waals surface area (Å²) in [5, 5.41) is 3.69. The molecule has 0 saturated carbocycles. The minimum Gasteiger partial charge on any atom is -0.355 e.